The fourth-order valence-electron chi connectivity index (χ4n) is 4.15. The fourth-order valence-corrected chi connectivity index (χ4v) is 4.15. The van der Waals surface area contributed by atoms with Crippen LogP contribution in [0, 0.1) is 11.7 Å². The molecular weight excluding hydrogens is 369 g/mol. The molecule has 4 rings (SSSR count). The quantitative estimate of drug-likeness (QED) is 0.782. The summed E-state index contributed by atoms with van der Waals surface area (Å²) in [5.74, 6) is -0.383. The van der Waals surface area contributed by atoms with E-state index in [1.54, 1.807) is 17.0 Å². The average Bonchev–Trinajstić information content (AvgIpc) is 3.14. The Morgan fingerprint density at radius 3 is 2.34 bits per heavy atom. The molecular formula is C23H26FN3O2. The third-order valence-electron chi connectivity index (χ3n) is 5.86. The minimum Gasteiger partial charge on any atom is -0.368 e. The van der Waals surface area contributed by atoms with Crippen LogP contribution in [0.25, 0.3) is 0 Å². The smallest absolute Gasteiger partial charge is 0.228 e. The van der Waals surface area contributed by atoms with Crippen molar-refractivity contribution < 1.29 is 14.0 Å². The zero-order valence-electron chi connectivity index (χ0n) is 16.5. The topological polar surface area (TPSA) is 43.9 Å². The van der Waals surface area contributed by atoms with Crippen molar-refractivity contribution in [3.8, 4) is 0 Å². The van der Waals surface area contributed by atoms with Gasteiger partial charge in [-0.3, -0.25) is 9.59 Å². The van der Waals surface area contributed by atoms with E-state index in [4.69, 9.17) is 0 Å². The zero-order chi connectivity index (χ0) is 20.2. The molecule has 2 aliphatic heterocycles. The molecule has 152 valence electrons. The number of hydrogen-bond donors (Lipinski definition) is 0. The Morgan fingerprint density at radius 2 is 1.66 bits per heavy atom. The molecule has 0 bridgehead atoms. The summed E-state index contributed by atoms with van der Waals surface area (Å²) in [6, 6.07) is 16.6. The highest BCUT2D eigenvalue weighted by Crippen LogP contribution is 2.22. The van der Waals surface area contributed by atoms with Crippen molar-refractivity contribution >= 4 is 17.5 Å². The second kappa shape index (κ2) is 8.64. The van der Waals surface area contributed by atoms with Gasteiger partial charge in [0.1, 0.15) is 5.82 Å². The lowest BCUT2D eigenvalue weighted by Gasteiger charge is -2.37. The number of amides is 2. The highest BCUT2D eigenvalue weighted by Gasteiger charge is 2.37. The normalized spacial score (nSPS) is 19.7. The van der Waals surface area contributed by atoms with E-state index in [1.807, 2.05) is 23.1 Å². The van der Waals surface area contributed by atoms with Gasteiger partial charge in [-0.2, -0.15) is 0 Å². The third kappa shape index (κ3) is 4.58. The van der Waals surface area contributed by atoms with Crippen LogP contribution in [-0.4, -0.2) is 60.9 Å². The molecule has 2 saturated heterocycles. The van der Waals surface area contributed by atoms with E-state index in [1.165, 1.54) is 17.8 Å². The highest BCUT2D eigenvalue weighted by atomic mass is 19.1. The molecule has 6 heteroatoms. The molecule has 0 saturated carbocycles. The van der Waals surface area contributed by atoms with Gasteiger partial charge >= 0.3 is 0 Å². The van der Waals surface area contributed by atoms with Crippen LogP contribution in [-0.2, 0) is 16.0 Å². The van der Waals surface area contributed by atoms with Crippen molar-refractivity contribution in [1.82, 2.24) is 9.80 Å². The maximum atomic E-state index is 13.0. The molecule has 2 aromatic rings. The molecule has 2 heterocycles. The summed E-state index contributed by atoms with van der Waals surface area (Å²) in [7, 11) is 0. The Bertz CT molecular complexity index is 848. The van der Waals surface area contributed by atoms with E-state index in [-0.39, 0.29) is 23.5 Å². The number of halogens is 1. The second-order valence-corrected chi connectivity index (χ2v) is 7.77. The number of carbonyl (C=O) groups is 2. The van der Waals surface area contributed by atoms with Gasteiger partial charge in [0, 0.05) is 51.4 Å². The molecule has 2 fully saturated rings. The summed E-state index contributed by atoms with van der Waals surface area (Å²) >= 11 is 0. The average molecular weight is 395 g/mol. The number of piperazine rings is 1. The minimum absolute atomic E-state index is 0.0355. The number of benzene rings is 2. The largest absolute Gasteiger partial charge is 0.368 e. The first-order valence-corrected chi connectivity index (χ1v) is 10.2. The van der Waals surface area contributed by atoms with Gasteiger partial charge in [-0.1, -0.05) is 30.3 Å². The van der Waals surface area contributed by atoms with Crippen molar-refractivity contribution in [1.29, 1.82) is 0 Å². The molecule has 2 amide bonds. The lowest BCUT2D eigenvalue weighted by molar-refractivity contribution is -0.136. The van der Waals surface area contributed by atoms with Crippen molar-refractivity contribution in [3.63, 3.8) is 0 Å². The van der Waals surface area contributed by atoms with E-state index in [0.29, 0.717) is 39.0 Å². The van der Waals surface area contributed by atoms with Crippen LogP contribution < -0.4 is 4.90 Å². The maximum absolute atomic E-state index is 13.0. The number of likely N-dealkylation sites (tertiary alicyclic amines) is 1. The number of rotatable bonds is 5. The van der Waals surface area contributed by atoms with Gasteiger partial charge < -0.3 is 14.7 Å². The molecule has 5 nitrogen and oxygen atoms in total. The first-order chi connectivity index (χ1) is 14.1. The number of nitrogens with zero attached hydrogens (tertiary/aromatic N) is 3. The Kier molecular flexibility index (Phi) is 5.79. The fraction of sp³-hybridized carbons (Fsp3) is 0.391. The second-order valence-electron chi connectivity index (χ2n) is 7.77. The van der Waals surface area contributed by atoms with Gasteiger partial charge in [0.2, 0.25) is 11.8 Å². The summed E-state index contributed by atoms with van der Waals surface area (Å²) in [6.07, 6.45) is 0.962. The van der Waals surface area contributed by atoms with E-state index >= 15 is 0 Å². The predicted molar refractivity (Wildman–Crippen MR) is 110 cm³/mol. The Hall–Kier alpha value is -2.89. The van der Waals surface area contributed by atoms with Crippen LogP contribution in [0.3, 0.4) is 0 Å². The first kappa shape index (κ1) is 19.4. The summed E-state index contributed by atoms with van der Waals surface area (Å²) in [5, 5.41) is 0. The van der Waals surface area contributed by atoms with Gasteiger partial charge in [0.15, 0.2) is 0 Å². The molecule has 29 heavy (non-hydrogen) atoms. The van der Waals surface area contributed by atoms with E-state index in [9.17, 15) is 14.0 Å². The molecule has 2 aromatic carbocycles. The highest BCUT2D eigenvalue weighted by molar-refractivity contribution is 5.89. The van der Waals surface area contributed by atoms with Crippen molar-refractivity contribution in [2.75, 3.05) is 44.2 Å². The van der Waals surface area contributed by atoms with Crippen LogP contribution in [0.5, 0.6) is 0 Å². The van der Waals surface area contributed by atoms with Crippen LogP contribution in [0.4, 0.5) is 10.1 Å². The molecule has 0 unspecified atom stereocenters. The first-order valence-electron chi connectivity index (χ1n) is 10.2. The van der Waals surface area contributed by atoms with Crippen molar-refractivity contribution in [3.05, 3.63) is 66.0 Å². The molecule has 0 aliphatic carbocycles. The monoisotopic (exact) mass is 395 g/mol. The Morgan fingerprint density at radius 1 is 0.966 bits per heavy atom. The van der Waals surface area contributed by atoms with Crippen LogP contribution in [0.1, 0.15) is 12.0 Å². The van der Waals surface area contributed by atoms with Crippen molar-refractivity contribution in [2.45, 2.75) is 12.8 Å². The lowest BCUT2D eigenvalue weighted by Crippen LogP contribution is -2.50. The van der Waals surface area contributed by atoms with E-state index in [2.05, 4.69) is 17.0 Å². The summed E-state index contributed by atoms with van der Waals surface area (Å²) < 4.78 is 13.0. The summed E-state index contributed by atoms with van der Waals surface area (Å²) in [4.78, 5) is 31.3. The Labute approximate surface area is 170 Å². The molecule has 2 aliphatic rings. The standard InChI is InChI=1S/C23H26FN3O2/c24-20-8-6-18(7-9-20)10-11-27-17-19(16-22(27)28)23(29)26-14-12-25(13-15-26)21-4-2-1-3-5-21/h1-9,19H,10-17H2/t19-/m1/s1. The minimum atomic E-state index is -0.260. The summed E-state index contributed by atoms with van der Waals surface area (Å²) in [5.41, 5.74) is 2.17. The third-order valence-corrected chi connectivity index (χ3v) is 5.86. The van der Waals surface area contributed by atoms with Crippen LogP contribution in [0.15, 0.2) is 54.6 Å². The molecule has 0 N–H and O–H groups in total. The molecule has 0 aromatic heterocycles. The van der Waals surface area contributed by atoms with Gasteiger partial charge in [0.25, 0.3) is 0 Å². The predicted octanol–water partition coefficient (Wildman–Crippen LogP) is 2.57. The molecule has 0 spiro atoms. The van der Waals surface area contributed by atoms with Gasteiger partial charge in [-0.05, 0) is 36.2 Å². The number of anilines is 1. The van der Waals surface area contributed by atoms with Crippen molar-refractivity contribution in [2.24, 2.45) is 5.92 Å². The SMILES string of the molecule is O=C1C[C@@H](C(=O)N2CCN(c3ccccc3)CC2)CN1CCc1ccc(F)cc1. The Balaban J connectivity index is 1.27. The number of para-hydroxylation sites is 1. The lowest BCUT2D eigenvalue weighted by atomic mass is 10.1. The number of hydrogen-bond acceptors (Lipinski definition) is 3. The van der Waals surface area contributed by atoms with E-state index in [0.717, 1.165) is 18.7 Å². The molecule has 0 radical (unpaired) electrons. The van der Waals surface area contributed by atoms with Gasteiger partial charge in [-0.25, -0.2) is 4.39 Å². The number of carbonyl (C=O) groups excluding carboxylic acids is 2. The summed E-state index contributed by atoms with van der Waals surface area (Å²) in [6.45, 7) is 4.05. The van der Waals surface area contributed by atoms with Crippen LogP contribution >= 0.6 is 0 Å². The maximum Gasteiger partial charge on any atom is 0.228 e. The molecule has 1 atom stereocenters. The van der Waals surface area contributed by atoms with Gasteiger partial charge in [-0.15, -0.1) is 0 Å². The zero-order valence-corrected chi connectivity index (χ0v) is 16.5. The van der Waals surface area contributed by atoms with Gasteiger partial charge in [0.05, 0.1) is 5.92 Å². The van der Waals surface area contributed by atoms with E-state index < -0.39 is 0 Å². The van der Waals surface area contributed by atoms with Crippen LogP contribution in [0.2, 0.25) is 0 Å².